The Balaban J connectivity index is 1.77. The van der Waals surface area contributed by atoms with Crippen LogP contribution in [0.25, 0.3) is 11.3 Å². The third-order valence-electron chi connectivity index (χ3n) is 5.44. The van der Waals surface area contributed by atoms with Gasteiger partial charge in [0.05, 0.1) is 16.8 Å². The summed E-state index contributed by atoms with van der Waals surface area (Å²) in [6.45, 7) is 8.95. The fraction of sp³-hybridized carbons (Fsp3) is 0.320. The number of ketones is 1. The SMILES string of the molecule is Cc1cc(-c2ccco2)ccc1CC(=O)c1ccc(CS(=O)(=O)C(C)(C)C)c(C)c1. The van der Waals surface area contributed by atoms with E-state index in [0.29, 0.717) is 12.0 Å². The largest absolute Gasteiger partial charge is 0.464 e. The summed E-state index contributed by atoms with van der Waals surface area (Å²) in [7, 11) is -3.28. The van der Waals surface area contributed by atoms with E-state index in [2.05, 4.69) is 0 Å². The molecule has 0 N–H and O–H groups in total. The number of furan rings is 1. The summed E-state index contributed by atoms with van der Waals surface area (Å²) in [4.78, 5) is 12.9. The summed E-state index contributed by atoms with van der Waals surface area (Å²) in [5.74, 6) is 0.786. The molecule has 30 heavy (non-hydrogen) atoms. The first-order chi connectivity index (χ1) is 14.0. The van der Waals surface area contributed by atoms with Crippen LogP contribution in [0.4, 0.5) is 0 Å². The molecular formula is C25H28O4S. The zero-order chi connectivity index (χ0) is 22.1. The molecule has 0 spiro atoms. The van der Waals surface area contributed by atoms with Crippen molar-refractivity contribution in [3.05, 3.63) is 82.6 Å². The Morgan fingerprint density at radius 1 is 0.933 bits per heavy atom. The number of carbonyl (C=O) groups is 1. The van der Waals surface area contributed by atoms with Gasteiger partial charge in [0, 0.05) is 17.5 Å². The summed E-state index contributed by atoms with van der Waals surface area (Å²) in [5, 5.41) is 0. The van der Waals surface area contributed by atoms with Gasteiger partial charge < -0.3 is 4.42 Å². The van der Waals surface area contributed by atoms with Crippen LogP contribution in [-0.2, 0) is 22.0 Å². The minimum absolute atomic E-state index is 0.0113. The van der Waals surface area contributed by atoms with E-state index in [1.807, 2.05) is 44.2 Å². The third-order valence-corrected chi connectivity index (χ3v) is 8.00. The highest BCUT2D eigenvalue weighted by molar-refractivity contribution is 7.91. The highest BCUT2D eigenvalue weighted by atomic mass is 32.2. The molecule has 0 aliphatic carbocycles. The topological polar surface area (TPSA) is 64.3 Å². The van der Waals surface area contributed by atoms with Gasteiger partial charge in [-0.25, -0.2) is 8.42 Å². The molecule has 0 atom stereocenters. The van der Waals surface area contributed by atoms with Gasteiger partial charge in [-0.05, 0) is 81.1 Å². The van der Waals surface area contributed by atoms with Crippen LogP contribution >= 0.6 is 0 Å². The molecule has 0 amide bonds. The van der Waals surface area contributed by atoms with Crippen molar-refractivity contribution < 1.29 is 17.6 Å². The summed E-state index contributed by atoms with van der Waals surface area (Å²) < 4.78 is 29.6. The Labute approximate surface area is 178 Å². The first-order valence-electron chi connectivity index (χ1n) is 9.96. The molecule has 2 aromatic carbocycles. The lowest BCUT2D eigenvalue weighted by Gasteiger charge is -2.20. The molecule has 3 rings (SSSR count). The van der Waals surface area contributed by atoms with Crippen LogP contribution in [0.15, 0.2) is 59.2 Å². The molecule has 0 radical (unpaired) electrons. The van der Waals surface area contributed by atoms with Crippen LogP contribution < -0.4 is 0 Å². The molecular weight excluding hydrogens is 396 g/mol. The molecule has 1 aromatic heterocycles. The maximum Gasteiger partial charge on any atom is 0.167 e. The zero-order valence-electron chi connectivity index (χ0n) is 18.2. The predicted octanol–water partition coefficient (Wildman–Crippen LogP) is 5.70. The fourth-order valence-corrected chi connectivity index (χ4v) is 4.38. The highest BCUT2D eigenvalue weighted by Gasteiger charge is 2.29. The number of hydrogen-bond donors (Lipinski definition) is 0. The number of benzene rings is 2. The van der Waals surface area contributed by atoms with Gasteiger partial charge in [-0.3, -0.25) is 4.79 Å². The smallest absolute Gasteiger partial charge is 0.167 e. The number of carbonyl (C=O) groups excluding carboxylic acids is 1. The highest BCUT2D eigenvalue weighted by Crippen LogP contribution is 2.25. The summed E-state index contributed by atoms with van der Waals surface area (Å²) in [6.07, 6.45) is 1.93. The Hall–Kier alpha value is -2.66. The molecule has 0 bridgehead atoms. The normalized spacial score (nSPS) is 12.2. The van der Waals surface area contributed by atoms with Crippen molar-refractivity contribution in [1.82, 2.24) is 0 Å². The van der Waals surface area contributed by atoms with Crippen molar-refractivity contribution in [3.8, 4) is 11.3 Å². The minimum Gasteiger partial charge on any atom is -0.464 e. The van der Waals surface area contributed by atoms with Crippen LogP contribution in [-0.4, -0.2) is 18.9 Å². The van der Waals surface area contributed by atoms with Gasteiger partial charge in [0.25, 0.3) is 0 Å². The second kappa shape index (κ2) is 8.23. The van der Waals surface area contributed by atoms with Gasteiger partial charge in [0.1, 0.15) is 5.76 Å². The lowest BCUT2D eigenvalue weighted by Crippen LogP contribution is -2.29. The van der Waals surface area contributed by atoms with Crippen LogP contribution in [0.2, 0.25) is 0 Å². The number of aryl methyl sites for hydroxylation is 2. The van der Waals surface area contributed by atoms with Crippen LogP contribution in [0.5, 0.6) is 0 Å². The first-order valence-corrected chi connectivity index (χ1v) is 11.6. The molecule has 3 aromatic rings. The van der Waals surface area contributed by atoms with Crippen LogP contribution in [0.1, 0.15) is 53.4 Å². The second-order valence-electron chi connectivity index (χ2n) is 8.73. The van der Waals surface area contributed by atoms with E-state index < -0.39 is 14.6 Å². The third kappa shape index (κ3) is 4.73. The average molecular weight is 425 g/mol. The maximum absolute atomic E-state index is 12.9. The summed E-state index contributed by atoms with van der Waals surface area (Å²) >= 11 is 0. The zero-order valence-corrected chi connectivity index (χ0v) is 19.0. The molecule has 0 aliphatic rings. The van der Waals surface area contributed by atoms with Gasteiger partial charge in [-0.15, -0.1) is 0 Å². The van der Waals surface area contributed by atoms with Gasteiger partial charge in [-0.1, -0.05) is 24.3 Å². The Morgan fingerprint density at radius 3 is 2.17 bits per heavy atom. The van der Waals surface area contributed by atoms with Crippen LogP contribution in [0.3, 0.4) is 0 Å². The maximum atomic E-state index is 12.9. The van der Waals surface area contributed by atoms with Crippen molar-refractivity contribution in [2.45, 2.75) is 51.5 Å². The van der Waals surface area contributed by atoms with E-state index in [9.17, 15) is 13.2 Å². The van der Waals surface area contributed by atoms with E-state index >= 15 is 0 Å². The van der Waals surface area contributed by atoms with Crippen molar-refractivity contribution in [3.63, 3.8) is 0 Å². The number of Topliss-reactive ketones (excluding diaryl/α,β-unsaturated/α-hetero) is 1. The van der Waals surface area contributed by atoms with Crippen molar-refractivity contribution in [2.75, 3.05) is 0 Å². The van der Waals surface area contributed by atoms with E-state index in [0.717, 1.165) is 33.6 Å². The van der Waals surface area contributed by atoms with Crippen molar-refractivity contribution in [1.29, 1.82) is 0 Å². The molecule has 0 saturated heterocycles. The lowest BCUT2D eigenvalue weighted by molar-refractivity contribution is 0.0992. The molecule has 0 fully saturated rings. The molecule has 0 unspecified atom stereocenters. The summed E-state index contributed by atoms with van der Waals surface area (Å²) in [6, 6.07) is 15.0. The Morgan fingerprint density at radius 2 is 1.60 bits per heavy atom. The molecule has 4 nitrogen and oxygen atoms in total. The Kier molecular flexibility index (Phi) is 6.04. The monoisotopic (exact) mass is 424 g/mol. The molecule has 5 heteroatoms. The molecule has 158 valence electrons. The first kappa shape index (κ1) is 22.0. The second-order valence-corrected chi connectivity index (χ2v) is 11.5. The number of sulfone groups is 1. The molecule has 0 aliphatic heterocycles. The van der Waals surface area contributed by atoms with E-state index in [4.69, 9.17) is 4.42 Å². The number of hydrogen-bond acceptors (Lipinski definition) is 4. The molecule has 0 saturated carbocycles. The van der Waals surface area contributed by atoms with E-state index in [-0.39, 0.29) is 11.5 Å². The van der Waals surface area contributed by atoms with Gasteiger partial charge >= 0.3 is 0 Å². The fourth-order valence-electron chi connectivity index (χ4n) is 3.22. The van der Waals surface area contributed by atoms with Gasteiger partial charge in [0.15, 0.2) is 15.6 Å². The van der Waals surface area contributed by atoms with E-state index in [1.54, 1.807) is 45.2 Å². The predicted molar refractivity (Wildman–Crippen MR) is 120 cm³/mol. The van der Waals surface area contributed by atoms with Crippen LogP contribution in [0, 0.1) is 13.8 Å². The van der Waals surface area contributed by atoms with E-state index in [1.165, 1.54) is 0 Å². The lowest BCUT2D eigenvalue weighted by atomic mass is 9.96. The summed E-state index contributed by atoms with van der Waals surface area (Å²) in [5.41, 5.74) is 5.13. The molecule has 1 heterocycles. The average Bonchev–Trinajstić information content (AvgIpc) is 3.18. The minimum atomic E-state index is -3.28. The van der Waals surface area contributed by atoms with Gasteiger partial charge in [-0.2, -0.15) is 0 Å². The quantitative estimate of drug-likeness (QED) is 0.476. The standard InChI is InChI=1S/C25H28O4S/c1-17-14-21(24-7-6-12-29-24)10-8-19(17)15-23(26)20-9-11-22(18(2)13-20)16-30(27,28)25(3,4)5/h6-14H,15-16H2,1-5H3. The Bertz CT molecular complexity index is 1160. The number of rotatable bonds is 6. The van der Waals surface area contributed by atoms with Crippen molar-refractivity contribution >= 4 is 15.6 Å². The van der Waals surface area contributed by atoms with Gasteiger partial charge in [0.2, 0.25) is 0 Å². The van der Waals surface area contributed by atoms with Crippen molar-refractivity contribution in [2.24, 2.45) is 0 Å².